The van der Waals surface area contributed by atoms with E-state index >= 15 is 0 Å². The van der Waals surface area contributed by atoms with Crippen molar-refractivity contribution >= 4 is 5.97 Å². The van der Waals surface area contributed by atoms with Crippen LogP contribution in [0.25, 0.3) is 0 Å². The van der Waals surface area contributed by atoms with Crippen molar-refractivity contribution in [2.45, 2.75) is 33.2 Å². The van der Waals surface area contributed by atoms with E-state index in [0.29, 0.717) is 18.8 Å². The number of hydrogen-bond acceptors (Lipinski definition) is 4. The molecule has 1 fully saturated rings. The van der Waals surface area contributed by atoms with E-state index in [4.69, 9.17) is 9.47 Å². The van der Waals surface area contributed by atoms with Gasteiger partial charge in [-0.1, -0.05) is 0 Å². The first-order valence-electron chi connectivity index (χ1n) is 5.81. The minimum Gasteiger partial charge on any atom is -0.477 e. The van der Waals surface area contributed by atoms with Gasteiger partial charge in [-0.3, -0.25) is 0 Å². The van der Waals surface area contributed by atoms with Crippen molar-refractivity contribution in [3.8, 4) is 0 Å². The summed E-state index contributed by atoms with van der Waals surface area (Å²) < 4.78 is 10.5. The fourth-order valence-corrected chi connectivity index (χ4v) is 1.41. The molecule has 1 rings (SSSR count). The first-order chi connectivity index (χ1) is 7.88. The zero-order chi connectivity index (χ0) is 13.1. The molecular formula is C13H21NO3. The third-order valence-electron chi connectivity index (χ3n) is 2.89. The lowest BCUT2D eigenvalue weighted by Gasteiger charge is -2.25. The summed E-state index contributed by atoms with van der Waals surface area (Å²) in [4.78, 5) is 13.4. The molecule has 4 heteroatoms. The maximum absolute atomic E-state index is 11.4. The van der Waals surface area contributed by atoms with Crippen LogP contribution in [0.5, 0.6) is 0 Å². The minimum atomic E-state index is -0.288. The Morgan fingerprint density at radius 3 is 2.71 bits per heavy atom. The van der Waals surface area contributed by atoms with Crippen molar-refractivity contribution in [3.05, 3.63) is 23.6 Å². The minimum absolute atomic E-state index is 0.00247. The van der Waals surface area contributed by atoms with Crippen LogP contribution in [0.4, 0.5) is 0 Å². The van der Waals surface area contributed by atoms with Crippen LogP contribution in [0.2, 0.25) is 0 Å². The van der Waals surface area contributed by atoms with E-state index in [-0.39, 0.29) is 11.5 Å². The summed E-state index contributed by atoms with van der Waals surface area (Å²) in [7, 11) is 1.98. The molecule has 1 aliphatic heterocycles. The molecule has 0 aromatic carbocycles. The van der Waals surface area contributed by atoms with E-state index in [1.165, 1.54) is 0 Å². The summed E-state index contributed by atoms with van der Waals surface area (Å²) in [5, 5.41) is 0. The largest absolute Gasteiger partial charge is 0.477 e. The van der Waals surface area contributed by atoms with Gasteiger partial charge in [0, 0.05) is 12.6 Å². The summed E-state index contributed by atoms with van der Waals surface area (Å²) in [6.07, 6.45) is 3.53. The molecule has 0 N–H and O–H groups in total. The lowest BCUT2D eigenvalue weighted by molar-refractivity contribution is -0.138. The summed E-state index contributed by atoms with van der Waals surface area (Å²) in [6.45, 7) is 8.78. The molecule has 4 nitrogen and oxygen atoms in total. The fraction of sp³-hybridized carbons (Fsp3) is 0.615. The molecule has 0 aromatic rings. The van der Waals surface area contributed by atoms with E-state index in [2.05, 4.69) is 18.7 Å². The molecule has 0 aliphatic carbocycles. The molecule has 0 spiro atoms. The predicted molar refractivity (Wildman–Crippen MR) is 66.3 cm³/mol. The Morgan fingerprint density at radius 1 is 1.59 bits per heavy atom. The van der Waals surface area contributed by atoms with Crippen molar-refractivity contribution in [1.29, 1.82) is 0 Å². The first-order valence-corrected chi connectivity index (χ1v) is 5.81. The Kier molecular flexibility index (Phi) is 4.21. The maximum atomic E-state index is 11.4. The number of ether oxygens (including phenoxy) is 2. The molecule has 1 saturated heterocycles. The number of carbonyl (C=O) groups is 1. The van der Waals surface area contributed by atoms with Crippen LogP contribution in [0.15, 0.2) is 23.6 Å². The van der Waals surface area contributed by atoms with Crippen LogP contribution in [-0.4, -0.2) is 36.7 Å². The van der Waals surface area contributed by atoms with Crippen molar-refractivity contribution < 1.29 is 14.3 Å². The van der Waals surface area contributed by atoms with Gasteiger partial charge in [-0.15, -0.1) is 0 Å². The van der Waals surface area contributed by atoms with Crippen molar-refractivity contribution in [1.82, 2.24) is 4.90 Å². The second-order valence-corrected chi connectivity index (χ2v) is 4.74. The number of rotatable bonds is 3. The quantitative estimate of drug-likeness (QED) is 0.558. The van der Waals surface area contributed by atoms with Crippen LogP contribution in [-0.2, 0) is 14.3 Å². The molecule has 0 amide bonds. The second-order valence-electron chi connectivity index (χ2n) is 4.74. The van der Waals surface area contributed by atoms with Crippen LogP contribution in [0.1, 0.15) is 27.7 Å². The normalized spacial score (nSPS) is 21.6. The zero-order valence-corrected chi connectivity index (χ0v) is 11.2. The summed E-state index contributed by atoms with van der Waals surface area (Å²) in [6, 6.07) is 0. The zero-order valence-electron chi connectivity index (χ0n) is 11.2. The van der Waals surface area contributed by atoms with Gasteiger partial charge in [-0.25, -0.2) is 4.79 Å². The molecule has 17 heavy (non-hydrogen) atoms. The van der Waals surface area contributed by atoms with Gasteiger partial charge in [0.25, 0.3) is 0 Å². The van der Waals surface area contributed by atoms with E-state index in [9.17, 15) is 4.79 Å². The van der Waals surface area contributed by atoms with E-state index in [1.54, 1.807) is 26.0 Å². The molecule has 96 valence electrons. The van der Waals surface area contributed by atoms with Gasteiger partial charge in [0.15, 0.2) is 5.88 Å². The van der Waals surface area contributed by atoms with Crippen molar-refractivity contribution in [2.24, 2.45) is 0 Å². The molecule has 0 saturated carbocycles. The molecule has 0 aromatic heterocycles. The lowest BCUT2D eigenvalue weighted by atomic mass is 10.1. The first kappa shape index (κ1) is 13.6. The van der Waals surface area contributed by atoms with Crippen LogP contribution in [0, 0.1) is 0 Å². The number of esters is 1. The van der Waals surface area contributed by atoms with Crippen LogP contribution >= 0.6 is 0 Å². The molecule has 0 radical (unpaired) electrons. The van der Waals surface area contributed by atoms with Gasteiger partial charge in [-0.05, 0) is 39.8 Å². The van der Waals surface area contributed by atoms with Crippen molar-refractivity contribution in [3.63, 3.8) is 0 Å². The molecule has 1 heterocycles. The van der Waals surface area contributed by atoms with Crippen molar-refractivity contribution in [2.75, 3.05) is 20.3 Å². The van der Waals surface area contributed by atoms with Gasteiger partial charge >= 0.3 is 5.97 Å². The Labute approximate surface area is 103 Å². The van der Waals surface area contributed by atoms with Crippen LogP contribution in [0.3, 0.4) is 0 Å². The Morgan fingerprint density at radius 2 is 2.24 bits per heavy atom. The highest BCUT2D eigenvalue weighted by atomic mass is 16.5. The molecule has 0 bridgehead atoms. The monoisotopic (exact) mass is 239 g/mol. The SMILES string of the molecule is CCOC(=O)C(C)=CC=C1OCC(C)(C)N1C. The number of likely N-dealkylation sites (N-methyl/N-ethyl adjacent to an activating group) is 1. The predicted octanol–water partition coefficient (Wildman–Crippen LogP) is 2.08. The topological polar surface area (TPSA) is 38.8 Å². The highest BCUT2D eigenvalue weighted by Gasteiger charge is 2.33. The summed E-state index contributed by atoms with van der Waals surface area (Å²) >= 11 is 0. The maximum Gasteiger partial charge on any atom is 0.333 e. The third kappa shape index (κ3) is 3.25. The van der Waals surface area contributed by atoms with E-state index in [0.717, 1.165) is 5.88 Å². The average Bonchev–Trinajstić information content (AvgIpc) is 2.52. The number of carbonyl (C=O) groups excluding carboxylic acids is 1. The second kappa shape index (κ2) is 5.25. The smallest absolute Gasteiger partial charge is 0.333 e. The van der Waals surface area contributed by atoms with Gasteiger partial charge in [0.2, 0.25) is 0 Å². The Balaban J connectivity index is 2.72. The standard InChI is InChI=1S/C13H21NO3/c1-6-16-12(15)10(2)7-8-11-14(5)13(3,4)9-17-11/h7-8H,6,9H2,1-5H3. The highest BCUT2D eigenvalue weighted by molar-refractivity contribution is 5.88. The molecule has 1 aliphatic rings. The van der Waals surface area contributed by atoms with Gasteiger partial charge in [0.1, 0.15) is 6.61 Å². The van der Waals surface area contributed by atoms with E-state index < -0.39 is 0 Å². The lowest BCUT2D eigenvalue weighted by Crippen LogP contribution is -2.36. The molecule has 0 atom stereocenters. The number of hydrogen-bond donors (Lipinski definition) is 0. The van der Waals surface area contributed by atoms with Gasteiger partial charge in [0.05, 0.1) is 12.1 Å². The Hall–Kier alpha value is -1.45. The van der Waals surface area contributed by atoms with Gasteiger partial charge < -0.3 is 14.4 Å². The number of allylic oxidation sites excluding steroid dienone is 2. The average molecular weight is 239 g/mol. The fourth-order valence-electron chi connectivity index (χ4n) is 1.41. The Bertz CT molecular complexity index is 356. The number of nitrogens with zero attached hydrogens (tertiary/aromatic N) is 1. The molecular weight excluding hydrogens is 218 g/mol. The highest BCUT2D eigenvalue weighted by Crippen LogP contribution is 2.27. The van der Waals surface area contributed by atoms with Crippen LogP contribution < -0.4 is 0 Å². The summed E-state index contributed by atoms with van der Waals surface area (Å²) in [5.41, 5.74) is 0.568. The van der Waals surface area contributed by atoms with E-state index in [1.807, 2.05) is 7.05 Å². The van der Waals surface area contributed by atoms with Gasteiger partial charge in [-0.2, -0.15) is 0 Å². The summed E-state index contributed by atoms with van der Waals surface area (Å²) in [5.74, 6) is 0.489. The third-order valence-corrected chi connectivity index (χ3v) is 2.89. The molecule has 0 unspecified atom stereocenters.